The minimum Gasteiger partial charge on any atom is -0.481 e. The molecule has 1 aliphatic rings. The van der Waals surface area contributed by atoms with Crippen molar-refractivity contribution in [3.8, 4) is 11.8 Å². The fraction of sp³-hybridized carbons (Fsp3) is 0.667. The van der Waals surface area contributed by atoms with Gasteiger partial charge >= 0.3 is 0 Å². The molecule has 0 saturated carbocycles. The molecular weight excluding hydrogens is 234 g/mol. The third-order valence-corrected chi connectivity index (χ3v) is 3.37. The van der Waals surface area contributed by atoms with Crippen molar-refractivity contribution in [2.45, 2.75) is 19.4 Å². The number of hydrogen-bond donors (Lipinski definition) is 1. The van der Waals surface area contributed by atoms with Crippen LogP contribution in [-0.4, -0.2) is 48.0 Å². The third kappa shape index (κ3) is 2.20. The molecule has 0 bridgehead atoms. The van der Waals surface area contributed by atoms with Gasteiger partial charge in [0, 0.05) is 0 Å². The van der Waals surface area contributed by atoms with Gasteiger partial charge in [-0.25, -0.2) is 0 Å². The molecule has 2 heterocycles. The summed E-state index contributed by atoms with van der Waals surface area (Å²) in [5.41, 5.74) is -0.653. The Balaban J connectivity index is 2.16. The first kappa shape index (κ1) is 12.9. The highest BCUT2D eigenvalue weighted by Crippen LogP contribution is 2.32. The summed E-state index contributed by atoms with van der Waals surface area (Å²) in [5.74, 6) is 1.64. The third-order valence-electron chi connectivity index (χ3n) is 3.37. The Morgan fingerprint density at radius 3 is 2.11 bits per heavy atom. The maximum atomic E-state index is 10.2. The number of rotatable bonds is 4. The highest BCUT2D eigenvalue weighted by Gasteiger charge is 2.45. The zero-order valence-electron chi connectivity index (χ0n) is 11.2. The molecule has 0 radical (unpaired) electrons. The van der Waals surface area contributed by atoms with E-state index in [2.05, 4.69) is 9.97 Å². The van der Waals surface area contributed by atoms with Gasteiger partial charge in [0.15, 0.2) is 0 Å². The molecule has 1 saturated heterocycles. The molecule has 0 aromatic carbocycles. The van der Waals surface area contributed by atoms with Gasteiger partial charge in [-0.05, 0) is 5.92 Å². The van der Waals surface area contributed by atoms with Crippen LogP contribution in [-0.2, 0) is 0 Å². The van der Waals surface area contributed by atoms with Crippen LogP contribution in [0.5, 0.6) is 11.8 Å². The maximum Gasteiger partial charge on any atom is 0.232 e. The summed E-state index contributed by atoms with van der Waals surface area (Å²) in [7, 11) is 3.10. The van der Waals surface area contributed by atoms with Crippen LogP contribution in [0.25, 0.3) is 0 Å². The van der Waals surface area contributed by atoms with E-state index >= 15 is 0 Å². The number of ether oxygens (including phenoxy) is 2. The Labute approximate surface area is 107 Å². The minimum atomic E-state index is -0.653. The summed E-state index contributed by atoms with van der Waals surface area (Å²) in [6.07, 6.45) is 0. The lowest BCUT2D eigenvalue weighted by Gasteiger charge is -2.48. The van der Waals surface area contributed by atoms with E-state index in [1.54, 1.807) is 20.3 Å². The van der Waals surface area contributed by atoms with Gasteiger partial charge in [0.2, 0.25) is 17.7 Å². The molecule has 100 valence electrons. The number of nitrogens with zero attached hydrogens (tertiary/aromatic N) is 3. The van der Waals surface area contributed by atoms with Crippen LogP contribution in [0.2, 0.25) is 0 Å². The van der Waals surface area contributed by atoms with E-state index in [9.17, 15) is 5.11 Å². The molecule has 1 N–H and O–H groups in total. The van der Waals surface area contributed by atoms with E-state index in [0.717, 1.165) is 0 Å². The molecular formula is C12H19N3O3. The molecule has 18 heavy (non-hydrogen) atoms. The summed E-state index contributed by atoms with van der Waals surface area (Å²) in [5, 5.41) is 10.2. The summed E-state index contributed by atoms with van der Waals surface area (Å²) in [4.78, 5) is 10.4. The zero-order chi connectivity index (χ0) is 13.3. The lowest BCUT2D eigenvalue weighted by Crippen LogP contribution is -2.65. The Morgan fingerprint density at radius 1 is 1.22 bits per heavy atom. The average Bonchev–Trinajstić information content (AvgIpc) is 2.33. The Kier molecular flexibility index (Phi) is 3.30. The number of aromatic nitrogens is 2. The van der Waals surface area contributed by atoms with Crippen LogP contribution >= 0.6 is 0 Å². The lowest BCUT2D eigenvalue weighted by atomic mass is 9.83. The van der Waals surface area contributed by atoms with Gasteiger partial charge in [-0.2, -0.15) is 9.97 Å². The summed E-state index contributed by atoms with van der Waals surface area (Å²) in [6, 6.07) is 1.62. The van der Waals surface area contributed by atoms with Crippen molar-refractivity contribution in [3.63, 3.8) is 0 Å². The largest absolute Gasteiger partial charge is 0.481 e. The second-order valence-electron chi connectivity index (χ2n) is 4.87. The van der Waals surface area contributed by atoms with Gasteiger partial charge in [0.1, 0.15) is 5.60 Å². The predicted molar refractivity (Wildman–Crippen MR) is 67.1 cm³/mol. The smallest absolute Gasteiger partial charge is 0.232 e. The molecule has 0 atom stereocenters. The highest BCUT2D eigenvalue weighted by atomic mass is 16.5. The molecule has 1 aromatic heterocycles. The van der Waals surface area contributed by atoms with Gasteiger partial charge in [0.25, 0.3) is 0 Å². The monoisotopic (exact) mass is 253 g/mol. The SMILES string of the molecule is COc1cc(OC)nc(N2CC(O)(C(C)C)C2)n1. The molecule has 1 aromatic rings. The van der Waals surface area contributed by atoms with Crippen LogP contribution in [0, 0.1) is 5.92 Å². The second kappa shape index (κ2) is 4.61. The first-order chi connectivity index (χ1) is 8.48. The molecule has 0 aliphatic carbocycles. The first-order valence-corrected chi connectivity index (χ1v) is 5.93. The van der Waals surface area contributed by atoms with E-state index in [-0.39, 0.29) is 5.92 Å². The van der Waals surface area contributed by atoms with Crippen LogP contribution in [0.3, 0.4) is 0 Å². The van der Waals surface area contributed by atoms with Crippen LogP contribution in [0.15, 0.2) is 6.07 Å². The van der Waals surface area contributed by atoms with Crippen LogP contribution in [0.1, 0.15) is 13.8 Å². The molecule has 6 nitrogen and oxygen atoms in total. The molecule has 0 spiro atoms. The van der Waals surface area contributed by atoms with E-state index in [1.165, 1.54) is 0 Å². The second-order valence-corrected chi connectivity index (χ2v) is 4.87. The van der Waals surface area contributed by atoms with Crippen LogP contribution < -0.4 is 14.4 Å². The predicted octanol–water partition coefficient (Wildman–Crippen LogP) is 0.701. The fourth-order valence-electron chi connectivity index (χ4n) is 1.86. The fourth-order valence-corrected chi connectivity index (χ4v) is 1.86. The Morgan fingerprint density at radius 2 is 1.72 bits per heavy atom. The van der Waals surface area contributed by atoms with Gasteiger partial charge < -0.3 is 19.5 Å². The van der Waals surface area contributed by atoms with Crippen LogP contribution in [0.4, 0.5) is 5.95 Å². The van der Waals surface area contributed by atoms with Crippen molar-refractivity contribution in [1.29, 1.82) is 0 Å². The van der Waals surface area contributed by atoms with Crippen molar-refractivity contribution in [2.75, 3.05) is 32.2 Å². The molecule has 2 rings (SSSR count). The van der Waals surface area contributed by atoms with E-state index in [0.29, 0.717) is 30.8 Å². The normalized spacial score (nSPS) is 17.6. The van der Waals surface area contributed by atoms with Gasteiger partial charge in [-0.1, -0.05) is 13.8 Å². The Hall–Kier alpha value is -1.56. The van der Waals surface area contributed by atoms with E-state index in [4.69, 9.17) is 9.47 Å². The van der Waals surface area contributed by atoms with Crippen molar-refractivity contribution in [3.05, 3.63) is 6.07 Å². The maximum absolute atomic E-state index is 10.2. The number of β-amino-alcohol motifs (C(OH)–C–C–N with tert-alkyl or cyclic N) is 1. The summed E-state index contributed by atoms with van der Waals surface area (Å²) >= 11 is 0. The standard InChI is InChI=1S/C12H19N3O3/c1-8(2)12(16)6-15(7-12)11-13-9(17-3)5-10(14-11)18-4/h5,8,16H,6-7H2,1-4H3. The Bertz CT molecular complexity index is 408. The highest BCUT2D eigenvalue weighted by molar-refractivity contribution is 5.41. The number of aliphatic hydroxyl groups is 1. The van der Waals surface area contributed by atoms with Gasteiger partial charge in [-0.15, -0.1) is 0 Å². The molecule has 0 amide bonds. The molecule has 6 heteroatoms. The van der Waals surface area contributed by atoms with Crippen molar-refractivity contribution in [2.24, 2.45) is 5.92 Å². The van der Waals surface area contributed by atoms with Gasteiger partial charge in [-0.3, -0.25) is 0 Å². The first-order valence-electron chi connectivity index (χ1n) is 5.93. The van der Waals surface area contributed by atoms with E-state index < -0.39 is 5.60 Å². The van der Waals surface area contributed by atoms with Gasteiger partial charge in [0.05, 0.1) is 33.4 Å². The molecule has 1 fully saturated rings. The van der Waals surface area contributed by atoms with Crippen molar-refractivity contribution >= 4 is 5.95 Å². The number of anilines is 1. The number of methoxy groups -OCH3 is 2. The average molecular weight is 253 g/mol. The quantitative estimate of drug-likeness (QED) is 0.852. The minimum absolute atomic E-state index is 0.209. The zero-order valence-corrected chi connectivity index (χ0v) is 11.2. The lowest BCUT2D eigenvalue weighted by molar-refractivity contribution is -0.0309. The van der Waals surface area contributed by atoms with E-state index in [1.807, 2.05) is 18.7 Å². The summed E-state index contributed by atoms with van der Waals surface area (Å²) < 4.78 is 10.2. The number of hydrogen-bond acceptors (Lipinski definition) is 6. The molecule has 1 aliphatic heterocycles. The summed E-state index contributed by atoms with van der Waals surface area (Å²) in [6.45, 7) is 5.07. The molecule has 0 unspecified atom stereocenters. The van der Waals surface area contributed by atoms with Crippen molar-refractivity contribution < 1.29 is 14.6 Å². The topological polar surface area (TPSA) is 67.7 Å². The van der Waals surface area contributed by atoms with Crippen molar-refractivity contribution in [1.82, 2.24) is 9.97 Å².